The Labute approximate surface area is 224 Å². The summed E-state index contributed by atoms with van der Waals surface area (Å²) in [6, 6.07) is 7.50. The third-order valence-electron chi connectivity index (χ3n) is 7.15. The number of piperazine rings is 1. The third-order valence-corrected chi connectivity index (χ3v) is 8.08. The van der Waals surface area contributed by atoms with Crippen LogP contribution in [0.1, 0.15) is 0 Å². The Balaban J connectivity index is 1.22. The SMILES string of the molecule is Cn1c(=O)n(CCN2CCN(c3cc([S@@+](C)[O-])c(F)cc3F)CC2)c2nc(N)n3nc(-c4ccco4)cc3c21. The van der Waals surface area contributed by atoms with Gasteiger partial charge in [-0.25, -0.2) is 13.6 Å². The summed E-state index contributed by atoms with van der Waals surface area (Å²) >= 11 is -1.56. The maximum atomic E-state index is 14.5. The van der Waals surface area contributed by atoms with Gasteiger partial charge in [0.1, 0.15) is 23.3 Å². The first-order valence-electron chi connectivity index (χ1n) is 12.3. The summed E-state index contributed by atoms with van der Waals surface area (Å²) < 4.78 is 50.4. The van der Waals surface area contributed by atoms with Crippen LogP contribution in [0.15, 0.2) is 50.7 Å². The number of halogens is 2. The van der Waals surface area contributed by atoms with E-state index in [2.05, 4.69) is 15.0 Å². The Morgan fingerprint density at radius 2 is 1.90 bits per heavy atom. The van der Waals surface area contributed by atoms with Gasteiger partial charge in [-0.3, -0.25) is 14.0 Å². The average Bonchev–Trinajstić information content (AvgIpc) is 3.63. The lowest BCUT2D eigenvalue weighted by atomic mass is 10.2. The molecule has 0 radical (unpaired) electrons. The highest BCUT2D eigenvalue weighted by atomic mass is 32.2. The van der Waals surface area contributed by atoms with Crippen molar-refractivity contribution in [3.63, 3.8) is 0 Å². The molecule has 0 unspecified atom stereocenters. The fourth-order valence-corrected chi connectivity index (χ4v) is 5.72. The smallest absolute Gasteiger partial charge is 0.330 e. The number of imidazole rings is 1. The molecule has 1 fully saturated rings. The zero-order valence-electron chi connectivity index (χ0n) is 21.3. The molecule has 5 aromatic rings. The van der Waals surface area contributed by atoms with Crippen molar-refractivity contribution >= 4 is 39.5 Å². The number of benzene rings is 1. The van der Waals surface area contributed by atoms with Gasteiger partial charge in [-0.1, -0.05) is 0 Å². The van der Waals surface area contributed by atoms with E-state index in [1.54, 1.807) is 30.0 Å². The number of nitrogens with zero attached hydrogens (tertiary/aromatic N) is 7. The first-order chi connectivity index (χ1) is 18.7. The second kappa shape index (κ2) is 9.70. The van der Waals surface area contributed by atoms with E-state index in [1.807, 2.05) is 11.0 Å². The number of hydrogen-bond donors (Lipinski definition) is 1. The highest BCUT2D eigenvalue weighted by Gasteiger charge is 2.25. The second-order valence-corrected chi connectivity index (χ2v) is 10.8. The van der Waals surface area contributed by atoms with Crippen molar-refractivity contribution in [2.24, 2.45) is 7.05 Å². The van der Waals surface area contributed by atoms with Gasteiger partial charge in [0.05, 0.1) is 17.5 Å². The summed E-state index contributed by atoms with van der Waals surface area (Å²) in [5.41, 5.74) is 8.53. The van der Waals surface area contributed by atoms with Crippen LogP contribution in [0, 0.1) is 11.6 Å². The Kier molecular flexibility index (Phi) is 6.32. The molecule has 0 aliphatic carbocycles. The number of aryl methyl sites for hydroxylation is 1. The number of furan rings is 1. The van der Waals surface area contributed by atoms with Crippen molar-refractivity contribution in [1.82, 2.24) is 28.6 Å². The zero-order chi connectivity index (χ0) is 27.4. The van der Waals surface area contributed by atoms with Gasteiger partial charge in [0, 0.05) is 58.4 Å². The molecule has 1 saturated heterocycles. The average molecular weight is 557 g/mol. The first-order valence-corrected chi connectivity index (χ1v) is 13.9. The molecule has 39 heavy (non-hydrogen) atoms. The van der Waals surface area contributed by atoms with Crippen LogP contribution in [-0.4, -0.2) is 72.2 Å². The lowest BCUT2D eigenvalue weighted by molar-refractivity contribution is 0.247. The summed E-state index contributed by atoms with van der Waals surface area (Å²) in [5, 5.41) is 4.50. The fraction of sp³-hybridized carbons (Fsp3) is 0.320. The Hall–Kier alpha value is -3.88. The van der Waals surface area contributed by atoms with E-state index in [4.69, 9.17) is 10.2 Å². The topological polar surface area (TPSA) is 126 Å². The Morgan fingerprint density at radius 3 is 2.59 bits per heavy atom. The van der Waals surface area contributed by atoms with E-state index in [0.717, 1.165) is 6.07 Å². The number of aromatic nitrogens is 5. The van der Waals surface area contributed by atoms with Crippen molar-refractivity contribution < 1.29 is 17.8 Å². The third kappa shape index (κ3) is 4.33. The quantitative estimate of drug-likeness (QED) is 0.315. The molecule has 2 N–H and O–H groups in total. The van der Waals surface area contributed by atoms with E-state index in [-0.39, 0.29) is 22.2 Å². The van der Waals surface area contributed by atoms with E-state index in [9.17, 15) is 18.1 Å². The molecule has 0 spiro atoms. The van der Waals surface area contributed by atoms with Gasteiger partial charge >= 0.3 is 5.69 Å². The lowest BCUT2D eigenvalue weighted by Crippen LogP contribution is -2.48. The number of nitrogen functional groups attached to an aromatic ring is 1. The summed E-state index contributed by atoms with van der Waals surface area (Å²) in [4.78, 5) is 21.7. The maximum absolute atomic E-state index is 14.5. The van der Waals surface area contributed by atoms with Gasteiger partial charge in [-0.2, -0.15) is 14.6 Å². The molecule has 6 rings (SSSR count). The number of fused-ring (bicyclic) bond motifs is 3. The molecule has 204 valence electrons. The van der Waals surface area contributed by atoms with Crippen molar-refractivity contribution in [1.29, 1.82) is 0 Å². The van der Waals surface area contributed by atoms with E-state index in [0.29, 0.717) is 67.4 Å². The molecule has 0 bridgehead atoms. The molecule has 0 saturated carbocycles. The standard InChI is InChI=1S/C25H26F2N8O3S/c1-31-22-19-13-17(20-4-3-11-38-20)30-35(19)24(28)29-23(22)34(25(31)36)10-7-32-5-8-33(9-6-32)18-14-21(39(2)37)16(27)12-15(18)26/h3-4,11-14H,5-10H2,1-2H3,(H2,28,29)/t39-/m1/s1. The minimum Gasteiger partial charge on any atom is -0.612 e. The minimum atomic E-state index is -1.56. The van der Waals surface area contributed by atoms with Crippen LogP contribution in [-0.2, 0) is 24.8 Å². The number of hydrogen-bond acceptors (Lipinski definition) is 8. The first kappa shape index (κ1) is 25.4. The summed E-state index contributed by atoms with van der Waals surface area (Å²) in [7, 11) is 1.69. The van der Waals surface area contributed by atoms with Crippen LogP contribution in [0.3, 0.4) is 0 Å². The number of nitrogens with two attached hydrogens (primary N) is 1. The van der Waals surface area contributed by atoms with Gasteiger partial charge in [0.15, 0.2) is 22.1 Å². The highest BCUT2D eigenvalue weighted by Crippen LogP contribution is 2.28. The van der Waals surface area contributed by atoms with Gasteiger partial charge in [0.25, 0.3) is 0 Å². The van der Waals surface area contributed by atoms with Gasteiger partial charge in [0.2, 0.25) is 5.95 Å². The van der Waals surface area contributed by atoms with Crippen molar-refractivity contribution in [3.8, 4) is 11.5 Å². The molecule has 1 aliphatic heterocycles. The van der Waals surface area contributed by atoms with Crippen LogP contribution in [0.25, 0.3) is 28.1 Å². The van der Waals surface area contributed by atoms with Gasteiger partial charge in [-0.05, 0) is 29.4 Å². The highest BCUT2D eigenvalue weighted by molar-refractivity contribution is 7.90. The second-order valence-electron chi connectivity index (χ2n) is 9.46. The zero-order valence-corrected chi connectivity index (χ0v) is 22.1. The lowest BCUT2D eigenvalue weighted by Gasteiger charge is -2.36. The molecule has 14 heteroatoms. The molecule has 4 aromatic heterocycles. The van der Waals surface area contributed by atoms with Crippen molar-refractivity contribution in [2.45, 2.75) is 11.4 Å². The monoisotopic (exact) mass is 556 g/mol. The van der Waals surface area contributed by atoms with Crippen LogP contribution >= 0.6 is 0 Å². The van der Waals surface area contributed by atoms with Crippen LogP contribution in [0.2, 0.25) is 0 Å². The van der Waals surface area contributed by atoms with Crippen LogP contribution in [0.4, 0.5) is 20.4 Å². The molecular formula is C25H26F2N8O3S. The molecule has 5 heterocycles. The predicted octanol–water partition coefficient (Wildman–Crippen LogP) is 2.06. The summed E-state index contributed by atoms with van der Waals surface area (Å²) in [6.45, 7) is 3.15. The molecule has 1 aliphatic rings. The largest absolute Gasteiger partial charge is 0.612 e. The maximum Gasteiger partial charge on any atom is 0.330 e. The van der Waals surface area contributed by atoms with Crippen molar-refractivity contribution in [2.75, 3.05) is 49.6 Å². The Morgan fingerprint density at radius 1 is 1.13 bits per heavy atom. The van der Waals surface area contributed by atoms with Gasteiger partial charge in [-0.15, -0.1) is 0 Å². The summed E-state index contributed by atoms with van der Waals surface area (Å²) in [5.74, 6) is -0.759. The number of anilines is 2. The van der Waals surface area contributed by atoms with Crippen LogP contribution in [0.5, 0.6) is 0 Å². The van der Waals surface area contributed by atoms with Crippen LogP contribution < -0.4 is 16.3 Å². The van der Waals surface area contributed by atoms with Gasteiger partial charge < -0.3 is 19.6 Å². The molecular weight excluding hydrogens is 530 g/mol. The molecule has 11 nitrogen and oxygen atoms in total. The van der Waals surface area contributed by atoms with Crippen molar-refractivity contribution in [3.05, 3.63) is 58.7 Å². The molecule has 1 aromatic carbocycles. The normalized spacial score (nSPS) is 15.6. The van der Waals surface area contributed by atoms with E-state index >= 15 is 0 Å². The van der Waals surface area contributed by atoms with E-state index < -0.39 is 22.8 Å². The Bertz CT molecular complexity index is 1740. The van der Waals surface area contributed by atoms with E-state index in [1.165, 1.54) is 21.4 Å². The molecule has 1 atom stereocenters. The predicted molar refractivity (Wildman–Crippen MR) is 143 cm³/mol. The number of rotatable bonds is 6. The molecule has 0 amide bonds. The fourth-order valence-electron chi connectivity index (χ4n) is 5.11. The summed E-state index contributed by atoms with van der Waals surface area (Å²) in [6.07, 6.45) is 2.93. The minimum absolute atomic E-state index is 0.0143.